The zero-order valence-corrected chi connectivity index (χ0v) is 20.1. The Bertz CT molecular complexity index is 1390. The third-order valence-electron chi connectivity index (χ3n) is 5.91. The van der Waals surface area contributed by atoms with E-state index in [1.807, 2.05) is 24.0 Å². The topological polar surface area (TPSA) is 30.2 Å². The van der Waals surface area contributed by atoms with Crippen LogP contribution < -0.4 is 0 Å². The summed E-state index contributed by atoms with van der Waals surface area (Å²) < 4.78 is 2.17. The van der Waals surface area contributed by atoms with Gasteiger partial charge in [0, 0.05) is 36.2 Å². The van der Waals surface area contributed by atoms with Crippen LogP contribution in [0.5, 0.6) is 0 Å². The van der Waals surface area contributed by atoms with Gasteiger partial charge in [0.1, 0.15) is 0 Å². The highest BCUT2D eigenvalue weighted by Crippen LogP contribution is 2.35. The van der Waals surface area contributed by atoms with E-state index in [1.54, 1.807) is 0 Å². The SMILES string of the molecule is Cn1c(/C=N/CCSCc2ccccc2)nc2c(-c3ccccc3)ccc(-c3ccccc3)c21. The van der Waals surface area contributed by atoms with Crippen molar-refractivity contribution in [1.82, 2.24) is 9.55 Å². The molecule has 0 bridgehead atoms. The van der Waals surface area contributed by atoms with Crippen molar-refractivity contribution in [3.05, 3.63) is 115 Å². The summed E-state index contributed by atoms with van der Waals surface area (Å²) in [5.41, 5.74) is 8.19. The molecule has 0 N–H and O–H groups in total. The number of aliphatic imine (C=N–C) groups is 1. The molecule has 0 amide bonds. The highest BCUT2D eigenvalue weighted by atomic mass is 32.2. The predicted octanol–water partition coefficient (Wildman–Crippen LogP) is 7.26. The van der Waals surface area contributed by atoms with Crippen molar-refractivity contribution in [2.45, 2.75) is 5.75 Å². The Kier molecular flexibility index (Phi) is 6.87. The summed E-state index contributed by atoms with van der Waals surface area (Å²) in [5.74, 6) is 2.88. The zero-order chi connectivity index (χ0) is 23.2. The lowest BCUT2D eigenvalue weighted by Crippen LogP contribution is -1.98. The Morgan fingerprint density at radius 2 is 1.35 bits per heavy atom. The second kappa shape index (κ2) is 10.5. The van der Waals surface area contributed by atoms with Gasteiger partial charge in [0.25, 0.3) is 0 Å². The first kappa shape index (κ1) is 22.2. The quantitative estimate of drug-likeness (QED) is 0.180. The molecule has 0 saturated heterocycles. The van der Waals surface area contributed by atoms with Crippen LogP contribution in [-0.4, -0.2) is 28.1 Å². The number of thioether (sulfide) groups is 1. The molecule has 4 aromatic carbocycles. The van der Waals surface area contributed by atoms with Crippen molar-refractivity contribution >= 4 is 29.0 Å². The van der Waals surface area contributed by atoms with E-state index >= 15 is 0 Å². The largest absolute Gasteiger partial charge is 0.326 e. The van der Waals surface area contributed by atoms with Crippen LogP contribution in [0.15, 0.2) is 108 Å². The first-order chi connectivity index (χ1) is 16.8. The molecule has 168 valence electrons. The molecule has 0 radical (unpaired) electrons. The van der Waals surface area contributed by atoms with Crippen LogP contribution in [0.3, 0.4) is 0 Å². The smallest absolute Gasteiger partial charge is 0.151 e. The van der Waals surface area contributed by atoms with Crippen LogP contribution in [0.2, 0.25) is 0 Å². The number of imidazole rings is 1. The Balaban J connectivity index is 1.43. The first-order valence-corrected chi connectivity index (χ1v) is 12.7. The summed E-state index contributed by atoms with van der Waals surface area (Å²) in [6, 6.07) is 36.0. The molecule has 0 aliphatic heterocycles. The van der Waals surface area contributed by atoms with E-state index in [-0.39, 0.29) is 0 Å². The molecule has 0 aliphatic carbocycles. The van der Waals surface area contributed by atoms with Crippen molar-refractivity contribution in [3.63, 3.8) is 0 Å². The molecule has 4 heteroatoms. The van der Waals surface area contributed by atoms with Crippen LogP contribution >= 0.6 is 11.8 Å². The van der Waals surface area contributed by atoms with Crippen molar-refractivity contribution in [2.75, 3.05) is 12.3 Å². The molecule has 0 atom stereocenters. The molecule has 1 heterocycles. The molecule has 3 nitrogen and oxygen atoms in total. The number of benzene rings is 4. The molecule has 5 aromatic rings. The number of fused-ring (bicyclic) bond motifs is 1. The third kappa shape index (κ3) is 4.82. The summed E-state index contributed by atoms with van der Waals surface area (Å²) in [6.07, 6.45) is 1.92. The van der Waals surface area contributed by atoms with Gasteiger partial charge < -0.3 is 4.57 Å². The number of aryl methyl sites for hydroxylation is 1. The van der Waals surface area contributed by atoms with Gasteiger partial charge in [0.2, 0.25) is 0 Å². The highest BCUT2D eigenvalue weighted by Gasteiger charge is 2.16. The fraction of sp³-hybridized carbons (Fsp3) is 0.133. The van der Waals surface area contributed by atoms with Gasteiger partial charge in [0.15, 0.2) is 5.82 Å². The molecule has 0 aliphatic rings. The molecule has 0 saturated carbocycles. The molecule has 0 spiro atoms. The Hall–Kier alpha value is -3.63. The lowest BCUT2D eigenvalue weighted by atomic mass is 9.98. The van der Waals surface area contributed by atoms with E-state index in [1.165, 1.54) is 22.3 Å². The minimum absolute atomic E-state index is 0.776. The fourth-order valence-corrected chi connectivity index (χ4v) is 4.99. The van der Waals surface area contributed by atoms with Crippen molar-refractivity contribution in [1.29, 1.82) is 0 Å². The average Bonchev–Trinajstić information content (AvgIpc) is 3.23. The van der Waals surface area contributed by atoms with E-state index in [4.69, 9.17) is 9.98 Å². The third-order valence-corrected chi connectivity index (χ3v) is 6.92. The molecular formula is C30H27N3S. The molecule has 5 rings (SSSR count). The fourth-order valence-electron chi connectivity index (χ4n) is 4.18. The maximum absolute atomic E-state index is 5.05. The molecule has 0 unspecified atom stereocenters. The van der Waals surface area contributed by atoms with E-state index < -0.39 is 0 Å². The van der Waals surface area contributed by atoms with Crippen LogP contribution in [0.4, 0.5) is 0 Å². The minimum Gasteiger partial charge on any atom is -0.326 e. The lowest BCUT2D eigenvalue weighted by Gasteiger charge is -2.09. The van der Waals surface area contributed by atoms with Crippen molar-refractivity contribution in [2.24, 2.45) is 12.0 Å². The number of hydrogen-bond donors (Lipinski definition) is 0. The van der Waals surface area contributed by atoms with E-state index in [0.29, 0.717) is 0 Å². The Morgan fingerprint density at radius 3 is 2.03 bits per heavy atom. The maximum atomic E-state index is 5.05. The summed E-state index contributed by atoms with van der Waals surface area (Å²) in [7, 11) is 2.09. The lowest BCUT2D eigenvalue weighted by molar-refractivity contribution is 0.932. The van der Waals surface area contributed by atoms with Crippen molar-refractivity contribution in [3.8, 4) is 22.3 Å². The molecular weight excluding hydrogens is 434 g/mol. The minimum atomic E-state index is 0.776. The van der Waals surface area contributed by atoms with Gasteiger partial charge in [-0.1, -0.05) is 103 Å². The van der Waals surface area contributed by atoms with Crippen LogP contribution in [0.25, 0.3) is 33.3 Å². The van der Waals surface area contributed by atoms with Crippen molar-refractivity contribution < 1.29 is 0 Å². The van der Waals surface area contributed by atoms with Gasteiger partial charge >= 0.3 is 0 Å². The van der Waals surface area contributed by atoms with E-state index in [2.05, 4.69) is 109 Å². The maximum Gasteiger partial charge on any atom is 0.151 e. The van der Waals surface area contributed by atoms with Gasteiger partial charge in [-0.2, -0.15) is 11.8 Å². The second-order valence-corrected chi connectivity index (χ2v) is 9.30. The van der Waals surface area contributed by atoms with Crippen LogP contribution in [0.1, 0.15) is 11.4 Å². The molecule has 34 heavy (non-hydrogen) atoms. The summed E-state index contributed by atoms with van der Waals surface area (Å²) in [6.45, 7) is 0.776. The van der Waals surface area contributed by atoms with Gasteiger partial charge in [-0.3, -0.25) is 4.99 Å². The number of rotatable bonds is 8. The number of nitrogens with zero attached hydrogens (tertiary/aromatic N) is 3. The van der Waals surface area contributed by atoms with Crippen LogP contribution in [-0.2, 0) is 12.8 Å². The standard InChI is InChI=1S/C30H27N3S/c1-33-28(21-31-19-20-34-22-23-11-5-2-6-12-23)32-29-26(24-13-7-3-8-14-24)17-18-27(30(29)33)25-15-9-4-10-16-25/h2-18,21H,19-20,22H2,1H3/b31-21+. The number of hydrogen-bond acceptors (Lipinski definition) is 3. The molecule has 1 aromatic heterocycles. The predicted molar refractivity (Wildman–Crippen MR) is 147 cm³/mol. The Labute approximate surface area is 205 Å². The monoisotopic (exact) mass is 461 g/mol. The number of aromatic nitrogens is 2. The van der Waals surface area contributed by atoms with Gasteiger partial charge in [-0.25, -0.2) is 4.98 Å². The van der Waals surface area contributed by atoms with Gasteiger partial charge in [-0.15, -0.1) is 0 Å². The van der Waals surface area contributed by atoms with Gasteiger partial charge in [-0.05, 0) is 16.7 Å². The molecule has 0 fully saturated rings. The zero-order valence-electron chi connectivity index (χ0n) is 19.3. The Morgan fingerprint density at radius 1 is 0.765 bits per heavy atom. The summed E-state index contributed by atoms with van der Waals surface area (Å²) >= 11 is 1.91. The second-order valence-electron chi connectivity index (χ2n) is 8.19. The first-order valence-electron chi connectivity index (χ1n) is 11.5. The van der Waals surface area contributed by atoms with Crippen LogP contribution in [0, 0.1) is 0 Å². The van der Waals surface area contributed by atoms with E-state index in [0.717, 1.165) is 40.5 Å². The average molecular weight is 462 g/mol. The highest BCUT2D eigenvalue weighted by molar-refractivity contribution is 7.98. The summed E-state index contributed by atoms with van der Waals surface area (Å²) in [5, 5.41) is 0. The van der Waals surface area contributed by atoms with Gasteiger partial charge in [0.05, 0.1) is 17.2 Å². The van der Waals surface area contributed by atoms with E-state index in [9.17, 15) is 0 Å². The normalized spacial score (nSPS) is 11.4. The summed E-state index contributed by atoms with van der Waals surface area (Å²) in [4.78, 5) is 9.75.